The number of fused-ring (bicyclic) bond motifs is 1. The molecule has 28 heavy (non-hydrogen) atoms. The second kappa shape index (κ2) is 8.22. The quantitative estimate of drug-likeness (QED) is 0.723. The molecular weight excluding hydrogens is 376 g/mol. The summed E-state index contributed by atoms with van der Waals surface area (Å²) in [5.74, 6) is 0.312. The molecule has 0 spiro atoms. The smallest absolute Gasteiger partial charge is 0.348 e. The topological polar surface area (TPSA) is 59.1 Å². The number of benzene rings is 1. The normalized spacial score (nSPS) is 16.0. The van der Waals surface area contributed by atoms with E-state index in [1.165, 1.54) is 21.8 Å². The first-order valence-electron chi connectivity index (χ1n) is 9.59. The molecule has 1 amide bonds. The van der Waals surface area contributed by atoms with E-state index in [0.717, 1.165) is 43.8 Å². The Kier molecular flexibility index (Phi) is 5.52. The van der Waals surface area contributed by atoms with Crippen LogP contribution in [0, 0.1) is 0 Å². The molecule has 0 unspecified atom stereocenters. The van der Waals surface area contributed by atoms with Gasteiger partial charge in [-0.2, -0.15) is 0 Å². The molecule has 1 aliphatic carbocycles. The molecule has 148 valence electrons. The first kappa shape index (κ1) is 18.8. The zero-order valence-electron chi connectivity index (χ0n) is 16.0. The van der Waals surface area contributed by atoms with Crippen LogP contribution in [0.1, 0.15) is 26.5 Å². The summed E-state index contributed by atoms with van der Waals surface area (Å²) >= 11 is 1.50. The molecule has 0 bridgehead atoms. The average Bonchev–Trinajstić information content (AvgIpc) is 3.34. The molecule has 2 aliphatic rings. The van der Waals surface area contributed by atoms with E-state index in [2.05, 4.69) is 4.90 Å². The third-order valence-corrected chi connectivity index (χ3v) is 6.56. The predicted octanol–water partition coefficient (Wildman–Crippen LogP) is 2.75. The van der Waals surface area contributed by atoms with Crippen molar-refractivity contribution in [2.75, 3.05) is 44.8 Å². The van der Waals surface area contributed by atoms with Crippen molar-refractivity contribution in [3.8, 4) is 5.75 Å². The van der Waals surface area contributed by atoms with Crippen LogP contribution in [-0.4, -0.2) is 56.7 Å². The van der Waals surface area contributed by atoms with E-state index in [9.17, 15) is 9.59 Å². The molecule has 1 aliphatic heterocycles. The van der Waals surface area contributed by atoms with Crippen molar-refractivity contribution in [2.45, 2.75) is 19.3 Å². The van der Waals surface area contributed by atoms with E-state index in [1.807, 2.05) is 30.3 Å². The molecule has 0 saturated carbocycles. The van der Waals surface area contributed by atoms with Gasteiger partial charge in [0.15, 0.2) is 6.61 Å². The monoisotopic (exact) mass is 400 g/mol. The van der Waals surface area contributed by atoms with Crippen molar-refractivity contribution >= 4 is 28.9 Å². The summed E-state index contributed by atoms with van der Waals surface area (Å²) < 4.78 is 10.5. The summed E-state index contributed by atoms with van der Waals surface area (Å²) in [6, 6.07) is 9.85. The lowest BCUT2D eigenvalue weighted by molar-refractivity contribution is -0.134. The van der Waals surface area contributed by atoms with E-state index in [-0.39, 0.29) is 18.5 Å². The van der Waals surface area contributed by atoms with Gasteiger partial charge in [-0.15, -0.1) is 11.3 Å². The summed E-state index contributed by atoms with van der Waals surface area (Å²) in [5, 5.41) is 0. The maximum atomic E-state index is 12.4. The van der Waals surface area contributed by atoms with Gasteiger partial charge in [0.1, 0.15) is 10.6 Å². The highest BCUT2D eigenvalue weighted by molar-refractivity contribution is 7.14. The summed E-state index contributed by atoms with van der Waals surface area (Å²) in [5.41, 5.74) is 2.38. The maximum absolute atomic E-state index is 12.4. The van der Waals surface area contributed by atoms with Gasteiger partial charge < -0.3 is 19.3 Å². The van der Waals surface area contributed by atoms with Crippen molar-refractivity contribution in [1.29, 1.82) is 0 Å². The molecule has 7 heteroatoms. The second-order valence-electron chi connectivity index (χ2n) is 7.05. The number of amides is 1. The standard InChI is InChI=1S/C21H24N2O4S/c1-26-17-7-5-16(6-8-17)22-9-11-23(12-10-22)20(24)14-27-21(25)19-13-15-3-2-4-18(15)28-19/h5-8,13H,2-4,9-12,14H2,1H3. The number of carbonyl (C=O) groups excluding carboxylic acids is 2. The molecule has 1 aromatic carbocycles. The molecule has 1 aromatic heterocycles. The zero-order valence-corrected chi connectivity index (χ0v) is 16.8. The maximum Gasteiger partial charge on any atom is 0.348 e. The number of nitrogens with zero attached hydrogens (tertiary/aromatic N) is 2. The largest absolute Gasteiger partial charge is 0.497 e. The van der Waals surface area contributed by atoms with Crippen LogP contribution in [0.15, 0.2) is 30.3 Å². The zero-order chi connectivity index (χ0) is 19.5. The SMILES string of the molecule is COc1ccc(N2CCN(C(=O)COC(=O)c3cc4c(s3)CCC4)CC2)cc1. The number of carbonyl (C=O) groups is 2. The van der Waals surface area contributed by atoms with Gasteiger partial charge in [-0.3, -0.25) is 4.79 Å². The van der Waals surface area contributed by atoms with Crippen LogP contribution in [0.5, 0.6) is 5.75 Å². The number of methoxy groups -OCH3 is 1. The van der Waals surface area contributed by atoms with Crippen molar-refractivity contribution in [3.63, 3.8) is 0 Å². The highest BCUT2D eigenvalue weighted by Gasteiger charge is 2.24. The molecule has 0 atom stereocenters. The minimum Gasteiger partial charge on any atom is -0.497 e. The van der Waals surface area contributed by atoms with Gasteiger partial charge in [-0.1, -0.05) is 0 Å². The summed E-state index contributed by atoms with van der Waals surface area (Å²) in [4.78, 5) is 30.5. The molecule has 2 aromatic rings. The lowest BCUT2D eigenvalue weighted by Gasteiger charge is -2.36. The Morgan fingerprint density at radius 1 is 1.07 bits per heavy atom. The van der Waals surface area contributed by atoms with Gasteiger partial charge in [-0.25, -0.2) is 4.79 Å². The highest BCUT2D eigenvalue weighted by atomic mass is 32.1. The summed E-state index contributed by atoms with van der Waals surface area (Å²) in [6.07, 6.45) is 3.25. The number of esters is 1. The molecule has 1 saturated heterocycles. The second-order valence-corrected chi connectivity index (χ2v) is 8.19. The first-order valence-corrected chi connectivity index (χ1v) is 10.4. The van der Waals surface area contributed by atoms with Gasteiger partial charge in [0.05, 0.1) is 7.11 Å². The van der Waals surface area contributed by atoms with E-state index in [0.29, 0.717) is 18.0 Å². The molecule has 0 N–H and O–H groups in total. The van der Waals surface area contributed by atoms with E-state index >= 15 is 0 Å². The third-order valence-electron chi connectivity index (χ3n) is 5.34. The lowest BCUT2D eigenvalue weighted by Crippen LogP contribution is -2.49. The minimum atomic E-state index is -0.385. The van der Waals surface area contributed by atoms with Gasteiger partial charge in [0.2, 0.25) is 0 Å². The Labute approximate surface area is 168 Å². The third kappa shape index (κ3) is 3.99. The average molecular weight is 401 g/mol. The highest BCUT2D eigenvalue weighted by Crippen LogP contribution is 2.31. The number of hydrogen-bond donors (Lipinski definition) is 0. The Morgan fingerprint density at radius 2 is 1.82 bits per heavy atom. The molecular formula is C21H24N2O4S. The van der Waals surface area contributed by atoms with Crippen molar-refractivity contribution in [3.05, 3.63) is 45.6 Å². The molecule has 2 heterocycles. The van der Waals surface area contributed by atoms with Gasteiger partial charge >= 0.3 is 5.97 Å². The number of anilines is 1. The summed E-state index contributed by atoms with van der Waals surface area (Å²) in [6.45, 7) is 2.56. The fourth-order valence-corrected chi connectivity index (χ4v) is 4.87. The predicted molar refractivity (Wildman–Crippen MR) is 108 cm³/mol. The molecule has 1 fully saturated rings. The van der Waals surface area contributed by atoms with Crippen LogP contribution < -0.4 is 9.64 Å². The van der Waals surface area contributed by atoms with E-state index in [4.69, 9.17) is 9.47 Å². The van der Waals surface area contributed by atoms with Crippen LogP contribution in [0.4, 0.5) is 5.69 Å². The van der Waals surface area contributed by atoms with Gasteiger partial charge in [-0.05, 0) is 55.2 Å². The van der Waals surface area contributed by atoms with Crippen molar-refractivity contribution in [1.82, 2.24) is 4.90 Å². The number of hydrogen-bond acceptors (Lipinski definition) is 6. The first-order chi connectivity index (χ1) is 13.6. The number of piperazine rings is 1. The van der Waals surface area contributed by atoms with Crippen molar-refractivity contribution < 1.29 is 19.1 Å². The van der Waals surface area contributed by atoms with Crippen LogP contribution in [0.3, 0.4) is 0 Å². The number of rotatable bonds is 5. The Bertz CT molecular complexity index is 832. The number of ether oxygens (including phenoxy) is 2. The van der Waals surface area contributed by atoms with Crippen molar-refractivity contribution in [2.24, 2.45) is 0 Å². The van der Waals surface area contributed by atoms with Crippen LogP contribution >= 0.6 is 11.3 Å². The number of aryl methyl sites for hydroxylation is 2. The van der Waals surface area contributed by atoms with Crippen LogP contribution in [0.2, 0.25) is 0 Å². The molecule has 6 nitrogen and oxygen atoms in total. The molecule has 4 rings (SSSR count). The van der Waals surface area contributed by atoms with Gasteiger partial charge in [0, 0.05) is 36.7 Å². The van der Waals surface area contributed by atoms with E-state index in [1.54, 1.807) is 12.0 Å². The Morgan fingerprint density at radius 3 is 2.50 bits per heavy atom. The van der Waals surface area contributed by atoms with Gasteiger partial charge in [0.25, 0.3) is 5.91 Å². The lowest BCUT2D eigenvalue weighted by atomic mass is 10.2. The number of thiophene rings is 1. The minimum absolute atomic E-state index is 0.133. The Balaban J connectivity index is 1.25. The fraction of sp³-hybridized carbons (Fsp3) is 0.429. The van der Waals surface area contributed by atoms with E-state index < -0.39 is 0 Å². The van der Waals surface area contributed by atoms with Crippen LogP contribution in [0.25, 0.3) is 0 Å². The summed E-state index contributed by atoms with van der Waals surface area (Å²) in [7, 11) is 1.65. The van der Waals surface area contributed by atoms with Crippen LogP contribution in [-0.2, 0) is 22.4 Å². The molecule has 0 radical (unpaired) electrons. The fourth-order valence-electron chi connectivity index (χ4n) is 3.73. The Hall–Kier alpha value is -2.54.